The largest absolute Gasteiger partial charge is 0.278 e. The van der Waals surface area contributed by atoms with E-state index in [1.54, 1.807) is 6.07 Å². The van der Waals surface area contributed by atoms with Crippen LogP contribution in [0.15, 0.2) is 108 Å². The molecule has 4 aromatic carbocycles. The van der Waals surface area contributed by atoms with E-state index in [-0.39, 0.29) is 10.6 Å². The van der Waals surface area contributed by atoms with Gasteiger partial charge < -0.3 is 0 Å². The predicted octanol–water partition coefficient (Wildman–Crippen LogP) is 5.39. The normalized spacial score (nSPS) is 12.1. The first kappa shape index (κ1) is 19.8. The highest BCUT2D eigenvalue weighted by Gasteiger charge is 2.28. The van der Waals surface area contributed by atoms with E-state index in [9.17, 15) is 10.1 Å². The highest BCUT2D eigenvalue weighted by molar-refractivity contribution is 6.03. The van der Waals surface area contributed by atoms with E-state index in [2.05, 4.69) is 10.5 Å². The Bertz CT molecular complexity index is 1610. The van der Waals surface area contributed by atoms with Crippen LogP contribution in [-0.2, 0) is 6.42 Å². The standard InChI is InChI=1S/C26H20N6O2/c33-32(34)24-18-26-25(30-29(31(26)30)22-14-8-3-9-15-22)17-20(24)16-23(19-10-4-1-5-11-19)28-27-21-12-6-2-7-13-21/h1-15,17-18,27H,16H2/b28-23-. The number of benzene rings is 4. The minimum Gasteiger partial charge on any atom is -0.278 e. The number of nitrogens with zero attached hydrogens (tertiary/aromatic N) is 5. The van der Waals surface area contributed by atoms with Crippen LogP contribution < -0.4 is 5.43 Å². The number of fused-ring (bicyclic) bond motifs is 4. The van der Waals surface area contributed by atoms with Gasteiger partial charge in [-0.1, -0.05) is 66.7 Å². The average molecular weight is 448 g/mol. The van der Waals surface area contributed by atoms with Crippen LogP contribution >= 0.6 is 0 Å². The minimum absolute atomic E-state index is 0.0849. The molecule has 0 fully saturated rings. The second-order valence-electron chi connectivity index (χ2n) is 8.01. The summed E-state index contributed by atoms with van der Waals surface area (Å²) in [5.74, 6) is 0. The Morgan fingerprint density at radius 2 is 1.41 bits per heavy atom. The number of anilines is 1. The summed E-state index contributed by atoms with van der Waals surface area (Å²) in [5.41, 5.74) is 9.01. The number of nitro groups is 1. The van der Waals surface area contributed by atoms with Gasteiger partial charge in [0, 0.05) is 18.1 Å². The Labute approximate surface area is 194 Å². The van der Waals surface area contributed by atoms with Crippen molar-refractivity contribution in [1.82, 2.24) is 14.1 Å². The van der Waals surface area contributed by atoms with Crippen LogP contribution in [0.3, 0.4) is 0 Å². The van der Waals surface area contributed by atoms with Crippen LogP contribution in [0.4, 0.5) is 11.4 Å². The molecule has 0 aliphatic rings. The molecule has 6 rings (SSSR count). The number of hydrogen-bond acceptors (Lipinski definition) is 4. The lowest BCUT2D eigenvalue weighted by Gasteiger charge is -2.10. The van der Waals surface area contributed by atoms with Gasteiger partial charge in [0.05, 0.1) is 22.0 Å². The molecule has 0 amide bonds. The van der Waals surface area contributed by atoms with Crippen molar-refractivity contribution < 1.29 is 4.92 Å². The van der Waals surface area contributed by atoms with E-state index >= 15 is 0 Å². The van der Waals surface area contributed by atoms with E-state index in [1.807, 2.05) is 111 Å². The Morgan fingerprint density at radius 1 is 0.824 bits per heavy atom. The smallest absolute Gasteiger partial charge is 0.275 e. The van der Waals surface area contributed by atoms with Crippen molar-refractivity contribution in [3.8, 4) is 5.69 Å². The molecule has 0 bridgehead atoms. The van der Waals surface area contributed by atoms with Crippen molar-refractivity contribution in [1.29, 1.82) is 0 Å². The summed E-state index contributed by atoms with van der Waals surface area (Å²) < 4.78 is 3.92. The van der Waals surface area contributed by atoms with Crippen LogP contribution in [-0.4, -0.2) is 24.7 Å². The lowest BCUT2D eigenvalue weighted by Crippen LogP contribution is -2.10. The van der Waals surface area contributed by atoms with Gasteiger partial charge in [0.25, 0.3) is 5.69 Å². The van der Waals surface area contributed by atoms with Crippen LogP contribution in [0.5, 0.6) is 0 Å². The molecule has 8 heteroatoms. The Kier molecular flexibility index (Phi) is 4.62. The minimum atomic E-state index is -0.318. The van der Waals surface area contributed by atoms with Crippen LogP contribution in [0.1, 0.15) is 11.1 Å². The topological polar surface area (TPSA) is 81.3 Å². The van der Waals surface area contributed by atoms with Crippen molar-refractivity contribution in [2.24, 2.45) is 5.10 Å². The molecule has 34 heavy (non-hydrogen) atoms. The van der Waals surface area contributed by atoms with Gasteiger partial charge in [-0.25, -0.2) is 0 Å². The summed E-state index contributed by atoms with van der Waals surface area (Å²) in [6.45, 7) is 0. The molecule has 0 spiro atoms. The van der Waals surface area contributed by atoms with Gasteiger partial charge in [-0.15, -0.1) is 9.26 Å². The fourth-order valence-electron chi connectivity index (χ4n) is 4.17. The number of rotatable bonds is 7. The molecule has 0 aliphatic heterocycles. The van der Waals surface area contributed by atoms with Gasteiger partial charge in [-0.2, -0.15) is 9.90 Å². The summed E-state index contributed by atoms with van der Waals surface area (Å²) in [6.07, 6.45) is 0.312. The molecule has 0 atom stereocenters. The maximum absolute atomic E-state index is 12.0. The predicted molar refractivity (Wildman–Crippen MR) is 132 cm³/mol. The summed E-state index contributed by atoms with van der Waals surface area (Å²) >= 11 is 0. The highest BCUT2D eigenvalue weighted by Crippen LogP contribution is 2.33. The van der Waals surface area contributed by atoms with Crippen molar-refractivity contribution in [3.63, 3.8) is 0 Å². The van der Waals surface area contributed by atoms with Crippen molar-refractivity contribution in [2.45, 2.75) is 6.42 Å². The molecule has 2 heterocycles. The maximum Gasteiger partial charge on any atom is 0.275 e. The zero-order chi connectivity index (χ0) is 23.1. The second kappa shape index (κ2) is 7.93. The summed E-state index contributed by atoms with van der Waals surface area (Å²) in [7, 11) is 0. The number of nitro benzene ring substituents is 1. The second-order valence-corrected chi connectivity index (χ2v) is 8.01. The molecule has 2 aromatic heterocycles. The summed E-state index contributed by atoms with van der Waals surface area (Å²) in [6, 6.07) is 32.8. The van der Waals surface area contributed by atoms with E-state index in [0.717, 1.165) is 33.7 Å². The number of hydrazone groups is 1. The van der Waals surface area contributed by atoms with Crippen LogP contribution in [0.25, 0.3) is 16.7 Å². The summed E-state index contributed by atoms with van der Waals surface area (Å²) in [4.78, 5) is 13.7. The third kappa shape index (κ3) is 3.38. The number of nitrogens with one attached hydrogen (secondary N) is 1. The van der Waals surface area contributed by atoms with E-state index < -0.39 is 0 Å². The molecular formula is C26H20N6O2. The number of para-hydroxylation sites is 2. The van der Waals surface area contributed by atoms with Crippen molar-refractivity contribution in [2.75, 3.05) is 5.43 Å². The first-order valence-corrected chi connectivity index (χ1v) is 10.9. The Balaban J connectivity index is 1.41. The molecule has 0 saturated heterocycles. The van der Waals surface area contributed by atoms with Gasteiger partial charge in [0.1, 0.15) is 11.0 Å². The van der Waals surface area contributed by atoms with E-state index in [1.165, 1.54) is 0 Å². The van der Waals surface area contributed by atoms with Gasteiger partial charge in [-0.05, 0) is 35.9 Å². The van der Waals surface area contributed by atoms with Crippen LogP contribution in [0.2, 0.25) is 0 Å². The van der Waals surface area contributed by atoms with Crippen LogP contribution in [0, 0.1) is 10.1 Å². The Morgan fingerprint density at radius 3 is 2.06 bits per heavy atom. The molecule has 0 saturated carbocycles. The highest BCUT2D eigenvalue weighted by atomic mass is 16.6. The van der Waals surface area contributed by atoms with E-state index in [0.29, 0.717) is 12.0 Å². The molecule has 166 valence electrons. The third-order valence-electron chi connectivity index (χ3n) is 5.86. The molecule has 0 aliphatic carbocycles. The van der Waals surface area contributed by atoms with E-state index in [4.69, 9.17) is 0 Å². The lowest BCUT2D eigenvalue weighted by molar-refractivity contribution is -0.385. The molecule has 8 nitrogen and oxygen atoms in total. The Hall–Kier alpha value is -4.85. The SMILES string of the molecule is O=[N+]([O-])c1cc2c(cc1C/C(=N/Nc1ccccc1)c1ccccc1)n1n(-c3ccccc3)n21. The maximum atomic E-state index is 12.0. The van der Waals surface area contributed by atoms with Gasteiger partial charge >= 0.3 is 0 Å². The quantitative estimate of drug-likeness (QED) is 0.202. The van der Waals surface area contributed by atoms with Crippen molar-refractivity contribution >= 4 is 28.1 Å². The van der Waals surface area contributed by atoms with Gasteiger partial charge in [0.15, 0.2) is 0 Å². The third-order valence-corrected chi connectivity index (χ3v) is 5.86. The first-order chi connectivity index (χ1) is 16.7. The fourth-order valence-corrected chi connectivity index (χ4v) is 4.17. The summed E-state index contributed by atoms with van der Waals surface area (Å²) in [5, 5.41) is 16.6. The average Bonchev–Trinajstić information content (AvgIpc) is 3.56. The van der Waals surface area contributed by atoms with Gasteiger partial charge in [-0.3, -0.25) is 15.5 Å². The lowest BCUT2D eigenvalue weighted by atomic mass is 10.00. The van der Waals surface area contributed by atoms with Gasteiger partial charge in [0.2, 0.25) is 0 Å². The van der Waals surface area contributed by atoms with Crippen molar-refractivity contribution in [3.05, 3.63) is 124 Å². The number of hydrogen-bond donors (Lipinski definition) is 1. The monoisotopic (exact) mass is 448 g/mol. The molecule has 0 radical (unpaired) electrons. The first-order valence-electron chi connectivity index (χ1n) is 10.9. The molecule has 0 unspecified atom stereocenters. The molecular weight excluding hydrogens is 428 g/mol. The molecule has 1 N–H and O–H groups in total. The fraction of sp³-hybridized carbons (Fsp3) is 0.0385. The number of aromatic nitrogens is 3. The molecule has 6 aromatic rings. The zero-order valence-corrected chi connectivity index (χ0v) is 18.1. The zero-order valence-electron chi connectivity index (χ0n) is 18.1.